The first-order valence-electron chi connectivity index (χ1n) is 8.54. The average molecular weight is 370 g/mol. The Balaban J connectivity index is 0.000000381. The van der Waals surface area contributed by atoms with Crippen molar-refractivity contribution < 1.29 is 14.3 Å². The molecule has 2 heterocycles. The van der Waals surface area contributed by atoms with Crippen molar-refractivity contribution in [3.8, 4) is 0 Å². The Kier molecular flexibility index (Phi) is 8.22. The fraction of sp³-hybridized carbons (Fsp3) is 0.611. The second kappa shape index (κ2) is 9.65. The second-order valence-corrected chi connectivity index (χ2v) is 7.68. The molecule has 25 heavy (non-hydrogen) atoms. The number of hydrogen-bond acceptors (Lipinski definition) is 4. The maximum absolute atomic E-state index is 12.1. The Labute approximate surface area is 151 Å². The van der Waals surface area contributed by atoms with Crippen molar-refractivity contribution in [1.82, 2.24) is 9.78 Å². The van der Waals surface area contributed by atoms with E-state index in [0.29, 0.717) is 4.70 Å². The van der Waals surface area contributed by atoms with Crippen LogP contribution in [0.2, 0.25) is 0 Å². The molecule has 0 fully saturated rings. The summed E-state index contributed by atoms with van der Waals surface area (Å²) in [5, 5.41) is 13.8. The highest BCUT2D eigenvalue weighted by molar-refractivity contribution is 7.18. The Hall–Kier alpha value is -1.76. The molecule has 0 spiro atoms. The van der Waals surface area contributed by atoms with Gasteiger partial charge < -0.3 is 5.11 Å². The molecule has 0 radical (unpaired) electrons. The zero-order valence-electron chi connectivity index (χ0n) is 15.5. The largest absolute Gasteiger partial charge is 0.480 e. The number of aromatic nitrogens is 2. The van der Waals surface area contributed by atoms with Gasteiger partial charge in [-0.15, -0.1) is 11.3 Å². The maximum atomic E-state index is 12.1. The molecule has 0 saturated carbocycles. The lowest BCUT2D eigenvalue weighted by Crippen LogP contribution is -2.27. The minimum atomic E-state index is -1.06. The molecule has 0 bridgehead atoms. The standard InChI is InChI=1S/C12H14N2O3S.C6H13F/c1-6(2)10-8-4-7(3)18-11(8)12(17)14(13-10)5-9(15)16;1-3-4-5-6(2)7/h4,6H,5H2,1-3H3,(H,15,16);6H,3-5H2,1-2H3. The number of carboxylic acid groups (broad SMARTS) is 1. The topological polar surface area (TPSA) is 72.2 Å². The highest BCUT2D eigenvalue weighted by Gasteiger charge is 2.16. The van der Waals surface area contributed by atoms with Gasteiger partial charge in [0.2, 0.25) is 0 Å². The van der Waals surface area contributed by atoms with Gasteiger partial charge in [0.25, 0.3) is 5.56 Å². The highest BCUT2D eigenvalue weighted by atomic mass is 32.1. The molecule has 0 aliphatic rings. The molecule has 0 amide bonds. The lowest BCUT2D eigenvalue weighted by molar-refractivity contribution is -0.138. The number of unbranched alkanes of at least 4 members (excludes halogenated alkanes) is 1. The third kappa shape index (κ3) is 6.23. The first-order chi connectivity index (χ1) is 11.7. The quantitative estimate of drug-likeness (QED) is 0.812. The molecule has 0 saturated heterocycles. The van der Waals surface area contributed by atoms with E-state index in [2.05, 4.69) is 12.0 Å². The van der Waals surface area contributed by atoms with Crippen molar-refractivity contribution in [2.24, 2.45) is 0 Å². The normalized spacial score (nSPS) is 12.1. The van der Waals surface area contributed by atoms with Crippen molar-refractivity contribution in [3.05, 3.63) is 27.0 Å². The number of rotatable bonds is 6. The SMILES string of the molecule is CCCCC(C)F.Cc1cc2c(C(C)C)nn(CC(=O)O)c(=O)c2s1. The molecule has 2 aromatic heterocycles. The summed E-state index contributed by atoms with van der Waals surface area (Å²) in [4.78, 5) is 23.9. The lowest BCUT2D eigenvalue weighted by Gasteiger charge is -2.09. The van der Waals surface area contributed by atoms with Gasteiger partial charge in [-0.3, -0.25) is 9.59 Å². The molecular formula is C18H27FN2O3S. The number of fused-ring (bicyclic) bond motifs is 1. The van der Waals surface area contributed by atoms with Crippen LogP contribution < -0.4 is 5.56 Å². The van der Waals surface area contributed by atoms with Crippen LogP contribution in [0.1, 0.15) is 63.4 Å². The van der Waals surface area contributed by atoms with Gasteiger partial charge in [-0.2, -0.15) is 5.10 Å². The van der Waals surface area contributed by atoms with Gasteiger partial charge in [0, 0.05) is 10.3 Å². The second-order valence-electron chi connectivity index (χ2n) is 6.42. The molecule has 0 aliphatic carbocycles. The van der Waals surface area contributed by atoms with Crippen molar-refractivity contribution >= 4 is 27.4 Å². The zero-order chi connectivity index (χ0) is 19.1. The Bertz CT molecular complexity index is 766. The number of halogens is 1. The molecule has 2 rings (SSSR count). The number of aryl methyl sites for hydroxylation is 1. The number of carbonyl (C=O) groups is 1. The Morgan fingerprint density at radius 1 is 1.40 bits per heavy atom. The van der Waals surface area contributed by atoms with Gasteiger partial charge in [0.1, 0.15) is 11.2 Å². The highest BCUT2D eigenvalue weighted by Crippen LogP contribution is 2.27. The number of aliphatic carboxylic acids is 1. The lowest BCUT2D eigenvalue weighted by atomic mass is 10.1. The first-order valence-corrected chi connectivity index (χ1v) is 9.36. The Morgan fingerprint density at radius 3 is 2.48 bits per heavy atom. The van der Waals surface area contributed by atoms with Gasteiger partial charge >= 0.3 is 5.97 Å². The van der Waals surface area contributed by atoms with Crippen LogP contribution in [0, 0.1) is 6.92 Å². The summed E-state index contributed by atoms with van der Waals surface area (Å²) in [5.74, 6) is -0.922. The van der Waals surface area contributed by atoms with Crippen LogP contribution in [0.5, 0.6) is 0 Å². The van der Waals surface area contributed by atoms with Gasteiger partial charge in [0.15, 0.2) is 0 Å². The number of hydrogen-bond donors (Lipinski definition) is 1. The van der Waals surface area contributed by atoms with E-state index in [-0.39, 0.29) is 11.5 Å². The molecular weight excluding hydrogens is 343 g/mol. The van der Waals surface area contributed by atoms with Gasteiger partial charge in [-0.25, -0.2) is 9.07 Å². The number of nitrogens with zero attached hydrogens (tertiary/aromatic N) is 2. The van der Waals surface area contributed by atoms with Gasteiger partial charge in [-0.05, 0) is 32.3 Å². The van der Waals surface area contributed by atoms with Gasteiger partial charge in [-0.1, -0.05) is 33.6 Å². The summed E-state index contributed by atoms with van der Waals surface area (Å²) < 4.78 is 13.5. The fourth-order valence-corrected chi connectivity index (χ4v) is 3.32. The van der Waals surface area contributed by atoms with Crippen LogP contribution in [0.25, 0.3) is 10.1 Å². The summed E-state index contributed by atoms with van der Waals surface area (Å²) in [5.41, 5.74) is 0.449. The molecule has 1 N–H and O–H groups in total. The van der Waals surface area contributed by atoms with Crippen molar-refractivity contribution in [3.63, 3.8) is 0 Å². The van der Waals surface area contributed by atoms with E-state index in [9.17, 15) is 14.0 Å². The monoisotopic (exact) mass is 370 g/mol. The van der Waals surface area contributed by atoms with E-state index in [1.165, 1.54) is 11.3 Å². The van der Waals surface area contributed by atoms with Crippen LogP contribution in [0.3, 0.4) is 0 Å². The number of thiophene rings is 1. The molecule has 7 heteroatoms. The summed E-state index contributed by atoms with van der Waals surface area (Å²) >= 11 is 1.39. The van der Waals surface area contributed by atoms with Crippen LogP contribution >= 0.6 is 11.3 Å². The maximum Gasteiger partial charge on any atom is 0.325 e. The molecule has 1 unspecified atom stereocenters. The van der Waals surface area contributed by atoms with Crippen molar-refractivity contribution in [2.75, 3.05) is 0 Å². The van der Waals surface area contributed by atoms with Crippen LogP contribution in [0.4, 0.5) is 4.39 Å². The van der Waals surface area contributed by atoms with E-state index in [1.54, 1.807) is 6.92 Å². The zero-order valence-corrected chi connectivity index (χ0v) is 16.3. The molecule has 1 atom stereocenters. The van der Waals surface area contributed by atoms with E-state index >= 15 is 0 Å². The number of alkyl halides is 1. The van der Waals surface area contributed by atoms with Crippen molar-refractivity contribution in [1.29, 1.82) is 0 Å². The molecule has 0 aliphatic heterocycles. The summed E-state index contributed by atoms with van der Waals surface area (Å²) in [6.45, 7) is 9.16. The van der Waals surface area contributed by atoms with E-state index in [1.807, 2.05) is 26.8 Å². The predicted molar refractivity (Wildman–Crippen MR) is 100 cm³/mol. The molecule has 5 nitrogen and oxygen atoms in total. The first kappa shape index (κ1) is 21.3. The summed E-state index contributed by atoms with van der Waals surface area (Å²) in [7, 11) is 0. The Morgan fingerprint density at radius 2 is 2.04 bits per heavy atom. The van der Waals surface area contributed by atoms with E-state index in [4.69, 9.17) is 5.11 Å². The summed E-state index contributed by atoms with van der Waals surface area (Å²) in [6.07, 6.45) is 2.27. The van der Waals surface area contributed by atoms with E-state index in [0.717, 1.165) is 39.9 Å². The minimum Gasteiger partial charge on any atom is -0.480 e. The van der Waals surface area contributed by atoms with Crippen molar-refractivity contribution in [2.45, 2.75) is 72.5 Å². The van der Waals surface area contributed by atoms with Gasteiger partial charge in [0.05, 0.1) is 11.9 Å². The average Bonchev–Trinajstić information content (AvgIpc) is 2.90. The molecule has 2 aromatic rings. The third-order valence-electron chi connectivity index (χ3n) is 3.58. The molecule has 140 valence electrons. The van der Waals surface area contributed by atoms with Crippen LogP contribution in [0.15, 0.2) is 10.9 Å². The number of carboxylic acids is 1. The van der Waals surface area contributed by atoms with Crippen LogP contribution in [-0.2, 0) is 11.3 Å². The predicted octanol–water partition coefficient (Wildman–Crippen LogP) is 4.51. The molecule has 0 aromatic carbocycles. The van der Waals surface area contributed by atoms with Crippen LogP contribution in [-0.4, -0.2) is 27.0 Å². The minimum absolute atomic E-state index is 0.141. The van der Waals surface area contributed by atoms with E-state index < -0.39 is 18.7 Å². The fourth-order valence-electron chi connectivity index (χ4n) is 2.36. The summed E-state index contributed by atoms with van der Waals surface area (Å²) in [6, 6.07) is 1.94. The smallest absolute Gasteiger partial charge is 0.325 e. The third-order valence-corrected chi connectivity index (χ3v) is 4.61.